The maximum atomic E-state index is 9.87. The van der Waals surface area contributed by atoms with Gasteiger partial charge in [0, 0.05) is 31.7 Å². The molecule has 19 heavy (non-hydrogen) atoms. The fourth-order valence-corrected chi connectivity index (χ4v) is 3.62. The first-order valence-corrected chi connectivity index (χ1v) is 8.27. The van der Waals surface area contributed by atoms with Gasteiger partial charge in [0.1, 0.15) is 0 Å². The second-order valence-electron chi connectivity index (χ2n) is 6.71. The van der Waals surface area contributed by atoms with Gasteiger partial charge >= 0.3 is 0 Å². The Labute approximate surface area is 119 Å². The second-order valence-corrected chi connectivity index (χ2v) is 6.71. The van der Waals surface area contributed by atoms with Crippen molar-refractivity contribution >= 4 is 0 Å². The summed E-state index contributed by atoms with van der Waals surface area (Å²) < 4.78 is 0. The van der Waals surface area contributed by atoms with Crippen molar-refractivity contribution in [2.75, 3.05) is 45.9 Å². The van der Waals surface area contributed by atoms with Crippen LogP contribution in [-0.4, -0.2) is 60.8 Å². The predicted molar refractivity (Wildman–Crippen MR) is 80.3 cm³/mol. The number of aliphatic hydroxyl groups is 1. The molecule has 1 N–H and O–H groups in total. The van der Waals surface area contributed by atoms with Crippen LogP contribution >= 0.6 is 0 Å². The molecule has 1 saturated heterocycles. The van der Waals surface area contributed by atoms with Gasteiger partial charge in [-0.25, -0.2) is 0 Å². The molecule has 1 heterocycles. The van der Waals surface area contributed by atoms with E-state index in [4.69, 9.17) is 0 Å². The average molecular weight is 268 g/mol. The Morgan fingerprint density at radius 2 is 2.00 bits per heavy atom. The van der Waals surface area contributed by atoms with Gasteiger partial charge in [0.05, 0.1) is 0 Å². The Morgan fingerprint density at radius 3 is 2.58 bits per heavy atom. The number of likely N-dealkylation sites (tertiary alicyclic amines) is 1. The van der Waals surface area contributed by atoms with E-state index in [1.54, 1.807) is 0 Å². The van der Waals surface area contributed by atoms with Gasteiger partial charge in [0.15, 0.2) is 0 Å². The summed E-state index contributed by atoms with van der Waals surface area (Å²) in [5, 5.41) is 9.87. The average Bonchev–Trinajstić information content (AvgIpc) is 3.24. The standard InChI is InChI=1S/C16H32N2O/c1-3-17(4-2)10-11-18-9-5-8-16(13-18,14-19)12-15-6-7-15/h15,19H,3-14H2,1-2H3/t16-/m0/s1. The van der Waals surface area contributed by atoms with Crippen molar-refractivity contribution in [1.82, 2.24) is 9.80 Å². The van der Waals surface area contributed by atoms with E-state index in [9.17, 15) is 5.11 Å². The Balaban J connectivity index is 1.81. The monoisotopic (exact) mass is 268 g/mol. The number of piperidine rings is 1. The Bertz CT molecular complexity index is 263. The van der Waals surface area contributed by atoms with Crippen LogP contribution in [0.25, 0.3) is 0 Å². The van der Waals surface area contributed by atoms with Gasteiger partial charge in [-0.1, -0.05) is 26.7 Å². The molecule has 1 saturated carbocycles. The van der Waals surface area contributed by atoms with Gasteiger partial charge in [-0.05, 0) is 44.8 Å². The highest BCUT2D eigenvalue weighted by molar-refractivity contribution is 4.91. The summed E-state index contributed by atoms with van der Waals surface area (Å²) in [6.07, 6.45) is 6.58. The molecular weight excluding hydrogens is 236 g/mol. The first-order chi connectivity index (χ1) is 9.21. The van der Waals surface area contributed by atoms with Crippen LogP contribution in [0.3, 0.4) is 0 Å². The van der Waals surface area contributed by atoms with E-state index in [-0.39, 0.29) is 5.41 Å². The minimum atomic E-state index is 0.225. The number of hydrogen-bond acceptors (Lipinski definition) is 3. The lowest BCUT2D eigenvalue weighted by Crippen LogP contribution is -2.47. The van der Waals surface area contributed by atoms with Crippen LogP contribution in [0, 0.1) is 11.3 Å². The Kier molecular flexibility index (Phi) is 5.67. The molecule has 3 heteroatoms. The maximum absolute atomic E-state index is 9.87. The number of hydrogen-bond donors (Lipinski definition) is 1. The molecule has 2 fully saturated rings. The molecular formula is C16H32N2O. The quantitative estimate of drug-likeness (QED) is 0.731. The highest BCUT2D eigenvalue weighted by Gasteiger charge is 2.39. The van der Waals surface area contributed by atoms with Crippen molar-refractivity contribution in [2.24, 2.45) is 11.3 Å². The molecule has 2 rings (SSSR count). The largest absolute Gasteiger partial charge is 0.396 e. The fourth-order valence-electron chi connectivity index (χ4n) is 3.62. The number of rotatable bonds is 8. The fraction of sp³-hybridized carbons (Fsp3) is 1.00. The third kappa shape index (κ3) is 4.44. The minimum Gasteiger partial charge on any atom is -0.396 e. The smallest absolute Gasteiger partial charge is 0.0499 e. The molecule has 1 aliphatic heterocycles. The molecule has 3 nitrogen and oxygen atoms in total. The molecule has 0 aromatic rings. The maximum Gasteiger partial charge on any atom is 0.0499 e. The molecule has 0 spiro atoms. The molecule has 112 valence electrons. The lowest BCUT2D eigenvalue weighted by atomic mass is 9.76. The molecule has 0 aromatic heterocycles. The third-order valence-corrected chi connectivity index (χ3v) is 5.12. The molecule has 0 amide bonds. The van der Waals surface area contributed by atoms with Crippen LogP contribution < -0.4 is 0 Å². The van der Waals surface area contributed by atoms with Crippen LogP contribution in [0.1, 0.15) is 46.0 Å². The van der Waals surface area contributed by atoms with E-state index in [0.717, 1.165) is 25.6 Å². The van der Waals surface area contributed by atoms with Crippen molar-refractivity contribution in [3.63, 3.8) is 0 Å². The molecule has 0 unspecified atom stereocenters. The summed E-state index contributed by atoms with van der Waals surface area (Å²) in [6, 6.07) is 0. The lowest BCUT2D eigenvalue weighted by Gasteiger charge is -2.42. The molecule has 0 aromatic carbocycles. The normalized spacial score (nSPS) is 29.1. The van der Waals surface area contributed by atoms with Crippen molar-refractivity contribution in [3.8, 4) is 0 Å². The van der Waals surface area contributed by atoms with E-state index >= 15 is 0 Å². The van der Waals surface area contributed by atoms with Crippen LogP contribution in [0.15, 0.2) is 0 Å². The van der Waals surface area contributed by atoms with Gasteiger partial charge in [0.2, 0.25) is 0 Å². The van der Waals surface area contributed by atoms with E-state index in [2.05, 4.69) is 23.6 Å². The van der Waals surface area contributed by atoms with E-state index in [0.29, 0.717) is 6.61 Å². The summed E-state index contributed by atoms with van der Waals surface area (Å²) >= 11 is 0. The van der Waals surface area contributed by atoms with E-state index in [1.807, 2.05) is 0 Å². The van der Waals surface area contributed by atoms with E-state index in [1.165, 1.54) is 51.7 Å². The zero-order chi connectivity index (χ0) is 13.7. The van der Waals surface area contributed by atoms with Crippen LogP contribution in [0.4, 0.5) is 0 Å². The van der Waals surface area contributed by atoms with Gasteiger partial charge in [0.25, 0.3) is 0 Å². The van der Waals surface area contributed by atoms with Gasteiger partial charge in [-0.3, -0.25) is 0 Å². The first kappa shape index (κ1) is 15.3. The van der Waals surface area contributed by atoms with Crippen molar-refractivity contribution in [2.45, 2.75) is 46.0 Å². The summed E-state index contributed by atoms with van der Waals surface area (Å²) in [5.41, 5.74) is 0.225. The second kappa shape index (κ2) is 7.05. The summed E-state index contributed by atoms with van der Waals surface area (Å²) in [6.45, 7) is 11.9. The van der Waals surface area contributed by atoms with E-state index < -0.39 is 0 Å². The Morgan fingerprint density at radius 1 is 1.26 bits per heavy atom. The molecule has 0 bridgehead atoms. The summed E-state index contributed by atoms with van der Waals surface area (Å²) in [4.78, 5) is 5.09. The topological polar surface area (TPSA) is 26.7 Å². The molecule has 2 aliphatic rings. The SMILES string of the molecule is CCN(CC)CCN1CCC[C@](CO)(CC2CC2)C1. The number of nitrogens with zero attached hydrogens (tertiary/aromatic N) is 2. The van der Waals surface area contributed by atoms with Crippen LogP contribution in [0.2, 0.25) is 0 Å². The van der Waals surface area contributed by atoms with Crippen molar-refractivity contribution in [1.29, 1.82) is 0 Å². The lowest BCUT2D eigenvalue weighted by molar-refractivity contribution is 0.0181. The molecule has 0 radical (unpaired) electrons. The zero-order valence-electron chi connectivity index (χ0n) is 12.9. The van der Waals surface area contributed by atoms with Crippen molar-refractivity contribution < 1.29 is 5.11 Å². The number of aliphatic hydroxyl groups excluding tert-OH is 1. The highest BCUT2D eigenvalue weighted by atomic mass is 16.3. The third-order valence-electron chi connectivity index (χ3n) is 5.12. The first-order valence-electron chi connectivity index (χ1n) is 8.27. The Hall–Kier alpha value is -0.120. The minimum absolute atomic E-state index is 0.225. The predicted octanol–water partition coefficient (Wildman–Crippen LogP) is 2.20. The van der Waals surface area contributed by atoms with Crippen LogP contribution in [-0.2, 0) is 0 Å². The van der Waals surface area contributed by atoms with Gasteiger partial charge in [-0.2, -0.15) is 0 Å². The number of likely N-dealkylation sites (N-methyl/N-ethyl adjacent to an activating group) is 1. The van der Waals surface area contributed by atoms with Crippen LogP contribution in [0.5, 0.6) is 0 Å². The van der Waals surface area contributed by atoms with Crippen molar-refractivity contribution in [3.05, 3.63) is 0 Å². The highest BCUT2D eigenvalue weighted by Crippen LogP contribution is 2.44. The molecule has 1 aliphatic carbocycles. The van der Waals surface area contributed by atoms with Gasteiger partial charge < -0.3 is 14.9 Å². The zero-order valence-corrected chi connectivity index (χ0v) is 12.9. The summed E-state index contributed by atoms with van der Waals surface area (Å²) in [5.74, 6) is 0.926. The summed E-state index contributed by atoms with van der Waals surface area (Å²) in [7, 11) is 0. The molecule has 1 atom stereocenters. The van der Waals surface area contributed by atoms with Gasteiger partial charge in [-0.15, -0.1) is 0 Å².